The molecule has 0 saturated carbocycles. The van der Waals surface area contributed by atoms with Gasteiger partial charge in [-0.2, -0.15) is 0 Å². The maximum absolute atomic E-state index is 13.1. The predicted molar refractivity (Wildman–Crippen MR) is 97.2 cm³/mol. The van der Waals surface area contributed by atoms with Crippen LogP contribution in [0.5, 0.6) is 0 Å². The molecule has 0 spiro atoms. The van der Waals surface area contributed by atoms with Crippen LogP contribution >= 0.6 is 0 Å². The lowest BCUT2D eigenvalue weighted by atomic mass is 10.0. The largest absolute Gasteiger partial charge is 0.481 e. The molecule has 2 saturated heterocycles. The van der Waals surface area contributed by atoms with Crippen LogP contribution in [0.4, 0.5) is 4.79 Å². The first-order chi connectivity index (χ1) is 14.3. The highest BCUT2D eigenvalue weighted by atomic mass is 16.7. The quantitative estimate of drug-likeness (QED) is 0.504. The molecule has 31 heavy (non-hydrogen) atoms. The van der Waals surface area contributed by atoms with E-state index < -0.39 is 65.8 Å². The summed E-state index contributed by atoms with van der Waals surface area (Å²) in [6, 6.07) is 0. The highest BCUT2D eigenvalue weighted by Gasteiger charge is 2.56. The van der Waals surface area contributed by atoms with Crippen molar-refractivity contribution in [3.8, 4) is 0 Å². The number of carboxylic acid groups (broad SMARTS) is 1. The van der Waals surface area contributed by atoms with E-state index >= 15 is 0 Å². The summed E-state index contributed by atoms with van der Waals surface area (Å²) in [4.78, 5) is 90.6. The third-order valence-corrected chi connectivity index (χ3v) is 4.36. The van der Waals surface area contributed by atoms with Gasteiger partial charge < -0.3 is 14.7 Å². The molecule has 1 atom stereocenters. The smallest absolute Gasteiger partial charge is 0.409 e. The number of imide groups is 2. The van der Waals surface area contributed by atoms with Crippen molar-refractivity contribution >= 4 is 41.7 Å². The van der Waals surface area contributed by atoms with E-state index in [0.29, 0.717) is 4.90 Å². The molecule has 2 rings (SSSR count). The molecule has 13 heteroatoms. The Labute approximate surface area is 176 Å². The zero-order chi connectivity index (χ0) is 23.6. The number of hydrogen-bond acceptors (Lipinski definition) is 9. The molecule has 1 unspecified atom stereocenters. The second-order valence-corrected chi connectivity index (χ2v) is 7.96. The Balaban J connectivity index is 2.50. The maximum Gasteiger partial charge on any atom is 0.409 e. The number of alkyl carbamates (subject to hydrolysis) is 1. The number of rotatable bonds is 7. The van der Waals surface area contributed by atoms with Gasteiger partial charge in [-0.25, -0.2) is 14.5 Å². The van der Waals surface area contributed by atoms with E-state index in [9.17, 15) is 33.6 Å². The van der Waals surface area contributed by atoms with Crippen LogP contribution in [-0.4, -0.2) is 68.0 Å². The summed E-state index contributed by atoms with van der Waals surface area (Å²) in [6.45, 7) is 4.53. The molecule has 2 heterocycles. The minimum atomic E-state index is -2.64. The summed E-state index contributed by atoms with van der Waals surface area (Å²) in [6.07, 6.45) is -3.85. The molecule has 13 nitrogen and oxygen atoms in total. The average molecular weight is 441 g/mol. The summed E-state index contributed by atoms with van der Waals surface area (Å²) in [7, 11) is 0. The first-order valence-corrected chi connectivity index (χ1v) is 9.44. The van der Waals surface area contributed by atoms with E-state index in [1.54, 1.807) is 0 Å². The van der Waals surface area contributed by atoms with Crippen molar-refractivity contribution < 1.29 is 48.2 Å². The highest BCUT2D eigenvalue weighted by molar-refractivity contribution is 6.08. The number of ether oxygens (including phenoxy) is 1. The summed E-state index contributed by atoms with van der Waals surface area (Å²) < 4.78 is 5.09. The summed E-state index contributed by atoms with van der Waals surface area (Å²) in [5.41, 5.74) is -3.69. The van der Waals surface area contributed by atoms with E-state index in [1.807, 2.05) is 0 Å². The zero-order valence-electron chi connectivity index (χ0n) is 17.3. The normalized spacial score (nSPS) is 18.8. The third kappa shape index (κ3) is 5.35. The average Bonchev–Trinajstić information content (AvgIpc) is 3.13. The topological polar surface area (TPSA) is 177 Å². The monoisotopic (exact) mass is 441 g/mol. The number of carbonyl (C=O) groups is 7. The third-order valence-electron chi connectivity index (χ3n) is 4.36. The van der Waals surface area contributed by atoms with Gasteiger partial charge in [0.2, 0.25) is 17.5 Å². The molecular weight excluding hydrogens is 418 g/mol. The van der Waals surface area contributed by atoms with Crippen molar-refractivity contribution in [3.63, 3.8) is 0 Å². The van der Waals surface area contributed by atoms with Crippen LogP contribution < -0.4 is 5.32 Å². The molecular formula is C18H23N3O10. The van der Waals surface area contributed by atoms with Gasteiger partial charge in [0.1, 0.15) is 5.60 Å². The van der Waals surface area contributed by atoms with Gasteiger partial charge in [0, 0.05) is 38.5 Å². The molecule has 2 aliphatic rings. The Morgan fingerprint density at radius 1 is 0.935 bits per heavy atom. The first-order valence-electron chi connectivity index (χ1n) is 9.44. The van der Waals surface area contributed by atoms with E-state index in [-0.39, 0.29) is 30.7 Å². The Hall–Kier alpha value is -3.51. The summed E-state index contributed by atoms with van der Waals surface area (Å²) in [5, 5.41) is 11.4. The van der Waals surface area contributed by atoms with E-state index in [0.717, 1.165) is 0 Å². The Kier molecular flexibility index (Phi) is 6.67. The molecule has 2 N–H and O–H groups in total. The van der Waals surface area contributed by atoms with Crippen LogP contribution in [0.2, 0.25) is 0 Å². The van der Waals surface area contributed by atoms with Crippen molar-refractivity contribution in [2.45, 2.75) is 70.6 Å². The Morgan fingerprint density at radius 3 is 1.87 bits per heavy atom. The molecule has 0 radical (unpaired) electrons. The first kappa shape index (κ1) is 23.8. The van der Waals surface area contributed by atoms with Gasteiger partial charge in [-0.1, -0.05) is 0 Å². The molecule has 0 aromatic heterocycles. The van der Waals surface area contributed by atoms with Gasteiger partial charge >= 0.3 is 18.0 Å². The van der Waals surface area contributed by atoms with Crippen LogP contribution in [0.1, 0.15) is 59.3 Å². The molecule has 0 aromatic carbocycles. The number of nitrogens with one attached hydrogen (secondary N) is 1. The molecule has 5 amide bonds. The minimum Gasteiger partial charge on any atom is -0.481 e. The van der Waals surface area contributed by atoms with Crippen LogP contribution in [-0.2, 0) is 38.3 Å². The second-order valence-electron chi connectivity index (χ2n) is 7.96. The highest BCUT2D eigenvalue weighted by Crippen LogP contribution is 2.29. The lowest BCUT2D eigenvalue weighted by Crippen LogP contribution is -2.68. The number of aliphatic carboxylic acids is 1. The van der Waals surface area contributed by atoms with Gasteiger partial charge in [-0.15, -0.1) is 5.06 Å². The number of carbonyl (C=O) groups excluding carboxylic acids is 6. The van der Waals surface area contributed by atoms with E-state index in [1.165, 1.54) is 20.8 Å². The van der Waals surface area contributed by atoms with Crippen molar-refractivity contribution in [3.05, 3.63) is 0 Å². The number of carboxylic acids is 1. The van der Waals surface area contributed by atoms with Crippen molar-refractivity contribution in [2.75, 3.05) is 0 Å². The standard InChI is InChI=1S/C18H23N3O10/c1-17(2,3)30-16(29)19-18(9-8-14(26)27,20-10(22)4-5-11(20)23)15(28)31-21-12(24)6-7-13(21)25/h4-9H2,1-3H3,(H,19,29)(H,26,27). The lowest BCUT2D eigenvalue weighted by Gasteiger charge is -2.38. The van der Waals surface area contributed by atoms with Gasteiger partial charge in [-0.3, -0.25) is 29.3 Å². The molecule has 2 aliphatic heterocycles. The lowest BCUT2D eigenvalue weighted by molar-refractivity contribution is -0.208. The number of hydrogen-bond donors (Lipinski definition) is 2. The number of amides is 5. The minimum absolute atomic E-state index is 0.166. The Morgan fingerprint density at radius 2 is 1.42 bits per heavy atom. The van der Waals surface area contributed by atoms with Gasteiger partial charge in [-0.05, 0) is 20.8 Å². The molecule has 2 fully saturated rings. The molecule has 0 aliphatic carbocycles. The maximum atomic E-state index is 13.1. The van der Waals surface area contributed by atoms with Crippen LogP contribution in [0, 0.1) is 0 Å². The van der Waals surface area contributed by atoms with Crippen molar-refractivity contribution in [2.24, 2.45) is 0 Å². The van der Waals surface area contributed by atoms with Crippen LogP contribution in [0.3, 0.4) is 0 Å². The fourth-order valence-electron chi connectivity index (χ4n) is 3.05. The SMILES string of the molecule is CC(C)(C)OC(=O)NC(CCC(=O)O)(C(=O)ON1C(=O)CCC1=O)N1C(=O)CCC1=O. The van der Waals surface area contributed by atoms with Crippen molar-refractivity contribution in [1.29, 1.82) is 0 Å². The Bertz CT molecular complexity index is 814. The molecule has 0 aromatic rings. The number of likely N-dealkylation sites (tertiary alicyclic amines) is 1. The molecule has 0 bridgehead atoms. The summed E-state index contributed by atoms with van der Waals surface area (Å²) >= 11 is 0. The second kappa shape index (κ2) is 8.70. The van der Waals surface area contributed by atoms with Crippen molar-refractivity contribution in [1.82, 2.24) is 15.3 Å². The van der Waals surface area contributed by atoms with E-state index in [4.69, 9.17) is 14.7 Å². The van der Waals surface area contributed by atoms with Gasteiger partial charge in [0.15, 0.2) is 0 Å². The van der Waals surface area contributed by atoms with Gasteiger partial charge in [0.05, 0.1) is 0 Å². The van der Waals surface area contributed by atoms with Crippen LogP contribution in [0.15, 0.2) is 0 Å². The van der Waals surface area contributed by atoms with E-state index in [2.05, 4.69) is 5.32 Å². The predicted octanol–water partition coefficient (Wildman–Crippen LogP) is -0.172. The fourth-order valence-corrected chi connectivity index (χ4v) is 3.05. The van der Waals surface area contributed by atoms with Crippen LogP contribution in [0.25, 0.3) is 0 Å². The summed E-state index contributed by atoms with van der Waals surface area (Å²) in [5.74, 6) is -6.39. The fraction of sp³-hybridized carbons (Fsp3) is 0.611. The number of hydroxylamine groups is 2. The number of nitrogens with zero attached hydrogens (tertiary/aromatic N) is 2. The van der Waals surface area contributed by atoms with Gasteiger partial charge in [0.25, 0.3) is 11.8 Å². The zero-order valence-corrected chi connectivity index (χ0v) is 17.3. The molecule has 170 valence electrons.